The van der Waals surface area contributed by atoms with Gasteiger partial charge in [-0.05, 0) is 6.07 Å². The van der Waals surface area contributed by atoms with Crippen LogP contribution in [0.5, 0.6) is 17.2 Å². The molecule has 0 saturated carbocycles. The number of rotatable bonds is 6. The van der Waals surface area contributed by atoms with Gasteiger partial charge in [-0.3, -0.25) is 0 Å². The molecule has 5 heteroatoms. The summed E-state index contributed by atoms with van der Waals surface area (Å²) in [6.07, 6.45) is 0. The molecule has 0 amide bonds. The lowest BCUT2D eigenvalue weighted by atomic mass is 9.82. The number of nitrogens with two attached hydrogens (primary N) is 1. The molecule has 0 spiro atoms. The van der Waals surface area contributed by atoms with E-state index in [0.717, 1.165) is 5.56 Å². The van der Waals surface area contributed by atoms with Crippen molar-refractivity contribution in [1.29, 1.82) is 0 Å². The van der Waals surface area contributed by atoms with E-state index in [2.05, 4.69) is 0 Å². The molecule has 1 rings (SSSR count). The maximum atomic E-state index is 9.54. The Morgan fingerprint density at radius 2 is 1.56 bits per heavy atom. The molecule has 0 aromatic heterocycles. The van der Waals surface area contributed by atoms with Gasteiger partial charge < -0.3 is 25.1 Å². The summed E-state index contributed by atoms with van der Waals surface area (Å²) < 4.78 is 15.8. The third-order valence-electron chi connectivity index (χ3n) is 3.16. The van der Waals surface area contributed by atoms with Crippen molar-refractivity contribution in [3.05, 3.63) is 17.7 Å². The van der Waals surface area contributed by atoms with Crippen LogP contribution in [-0.4, -0.2) is 39.6 Å². The number of benzene rings is 1. The van der Waals surface area contributed by atoms with E-state index >= 15 is 0 Å². The molecule has 0 aliphatic rings. The predicted octanol–water partition coefficient (Wildman–Crippen LogP) is 0.921. The molecule has 0 aliphatic carbocycles. The van der Waals surface area contributed by atoms with Gasteiger partial charge in [-0.15, -0.1) is 0 Å². The van der Waals surface area contributed by atoms with E-state index in [0.29, 0.717) is 23.8 Å². The van der Waals surface area contributed by atoms with Crippen molar-refractivity contribution in [1.82, 2.24) is 0 Å². The lowest BCUT2D eigenvalue weighted by Crippen LogP contribution is -2.36. The molecule has 1 atom stereocenters. The molecule has 0 radical (unpaired) electrons. The van der Waals surface area contributed by atoms with E-state index in [4.69, 9.17) is 19.9 Å². The fourth-order valence-electron chi connectivity index (χ4n) is 1.76. The van der Waals surface area contributed by atoms with Crippen LogP contribution in [0.1, 0.15) is 12.5 Å². The topological polar surface area (TPSA) is 73.9 Å². The fourth-order valence-corrected chi connectivity index (χ4v) is 1.76. The molecule has 0 aliphatic heterocycles. The Bertz CT molecular complexity index is 402. The van der Waals surface area contributed by atoms with Crippen LogP contribution >= 0.6 is 0 Å². The summed E-state index contributed by atoms with van der Waals surface area (Å²) in [6, 6.07) is 3.53. The number of hydrogen-bond donors (Lipinski definition) is 2. The van der Waals surface area contributed by atoms with Crippen LogP contribution in [0.3, 0.4) is 0 Å². The SMILES string of the molecule is COc1cc(OC)c(C(C)(CN)CO)cc1OC. The summed E-state index contributed by atoms with van der Waals surface area (Å²) in [7, 11) is 4.69. The Balaban J connectivity index is 3.42. The van der Waals surface area contributed by atoms with Gasteiger partial charge in [-0.1, -0.05) is 6.92 Å². The van der Waals surface area contributed by atoms with Gasteiger partial charge in [-0.25, -0.2) is 0 Å². The second-order valence-corrected chi connectivity index (χ2v) is 4.33. The molecule has 0 saturated heterocycles. The van der Waals surface area contributed by atoms with E-state index in [-0.39, 0.29) is 6.61 Å². The van der Waals surface area contributed by atoms with Crippen LogP contribution in [0.25, 0.3) is 0 Å². The normalized spacial score (nSPS) is 13.9. The first-order chi connectivity index (χ1) is 8.56. The van der Waals surface area contributed by atoms with Crippen LogP contribution in [0.2, 0.25) is 0 Å². The monoisotopic (exact) mass is 255 g/mol. The minimum Gasteiger partial charge on any atom is -0.496 e. The van der Waals surface area contributed by atoms with Crippen LogP contribution in [0, 0.1) is 0 Å². The average molecular weight is 255 g/mol. The first-order valence-corrected chi connectivity index (χ1v) is 5.67. The standard InChI is InChI=1S/C13H21NO4/c1-13(7-14,8-15)9-5-11(17-3)12(18-4)6-10(9)16-2/h5-6,15H,7-8,14H2,1-4H3. The second-order valence-electron chi connectivity index (χ2n) is 4.33. The first kappa shape index (κ1) is 14.6. The van der Waals surface area contributed by atoms with Gasteiger partial charge in [0.15, 0.2) is 11.5 Å². The van der Waals surface area contributed by atoms with Gasteiger partial charge in [0, 0.05) is 23.6 Å². The lowest BCUT2D eigenvalue weighted by Gasteiger charge is -2.28. The number of methoxy groups -OCH3 is 3. The average Bonchev–Trinajstić information content (AvgIpc) is 2.44. The van der Waals surface area contributed by atoms with Crippen molar-refractivity contribution in [2.45, 2.75) is 12.3 Å². The predicted molar refractivity (Wildman–Crippen MR) is 69.6 cm³/mol. The molecular weight excluding hydrogens is 234 g/mol. The molecule has 1 aromatic carbocycles. The van der Waals surface area contributed by atoms with E-state index in [1.807, 2.05) is 6.92 Å². The molecule has 0 bridgehead atoms. The van der Waals surface area contributed by atoms with Crippen molar-refractivity contribution < 1.29 is 19.3 Å². The van der Waals surface area contributed by atoms with Crippen molar-refractivity contribution >= 4 is 0 Å². The Morgan fingerprint density at radius 1 is 1.06 bits per heavy atom. The maximum Gasteiger partial charge on any atom is 0.164 e. The van der Waals surface area contributed by atoms with Crippen molar-refractivity contribution in [3.63, 3.8) is 0 Å². The molecule has 0 heterocycles. The highest BCUT2D eigenvalue weighted by molar-refractivity contribution is 5.53. The summed E-state index contributed by atoms with van der Waals surface area (Å²) in [4.78, 5) is 0. The zero-order valence-electron chi connectivity index (χ0n) is 11.3. The van der Waals surface area contributed by atoms with E-state index in [1.54, 1.807) is 33.5 Å². The van der Waals surface area contributed by atoms with Crippen LogP contribution in [0.15, 0.2) is 12.1 Å². The van der Waals surface area contributed by atoms with E-state index in [9.17, 15) is 5.11 Å². The van der Waals surface area contributed by atoms with Gasteiger partial charge in [0.25, 0.3) is 0 Å². The molecular formula is C13H21NO4. The van der Waals surface area contributed by atoms with E-state index in [1.165, 1.54) is 0 Å². The second kappa shape index (κ2) is 5.93. The fraction of sp³-hybridized carbons (Fsp3) is 0.538. The molecule has 3 N–H and O–H groups in total. The Morgan fingerprint density at radius 3 is 1.94 bits per heavy atom. The molecule has 1 aromatic rings. The highest BCUT2D eigenvalue weighted by Gasteiger charge is 2.29. The molecule has 0 fully saturated rings. The summed E-state index contributed by atoms with van der Waals surface area (Å²) in [5.41, 5.74) is 5.97. The quantitative estimate of drug-likeness (QED) is 0.790. The Hall–Kier alpha value is -1.46. The van der Waals surface area contributed by atoms with Gasteiger partial charge in [0.2, 0.25) is 0 Å². The highest BCUT2D eigenvalue weighted by atomic mass is 16.5. The summed E-state index contributed by atoms with van der Waals surface area (Å²) >= 11 is 0. The van der Waals surface area contributed by atoms with Crippen molar-refractivity contribution in [3.8, 4) is 17.2 Å². The molecule has 18 heavy (non-hydrogen) atoms. The molecule has 5 nitrogen and oxygen atoms in total. The Labute approximate surface area is 107 Å². The van der Waals surface area contributed by atoms with Crippen LogP contribution in [-0.2, 0) is 5.41 Å². The largest absolute Gasteiger partial charge is 0.496 e. The lowest BCUT2D eigenvalue weighted by molar-refractivity contribution is 0.206. The third kappa shape index (κ3) is 2.52. The zero-order chi connectivity index (χ0) is 13.8. The summed E-state index contributed by atoms with van der Waals surface area (Å²) in [6.45, 7) is 2.10. The minimum absolute atomic E-state index is 0.0741. The molecule has 1 unspecified atom stereocenters. The van der Waals surface area contributed by atoms with Gasteiger partial charge in [0.05, 0.1) is 27.9 Å². The van der Waals surface area contributed by atoms with Crippen LogP contribution in [0.4, 0.5) is 0 Å². The number of ether oxygens (including phenoxy) is 3. The number of aliphatic hydroxyl groups excluding tert-OH is 1. The Kier molecular flexibility index (Phi) is 4.81. The maximum absolute atomic E-state index is 9.54. The van der Waals surface area contributed by atoms with Crippen LogP contribution < -0.4 is 19.9 Å². The van der Waals surface area contributed by atoms with Crippen molar-refractivity contribution in [2.24, 2.45) is 5.73 Å². The number of aliphatic hydroxyl groups is 1. The van der Waals surface area contributed by atoms with Crippen molar-refractivity contribution in [2.75, 3.05) is 34.5 Å². The third-order valence-corrected chi connectivity index (χ3v) is 3.16. The smallest absolute Gasteiger partial charge is 0.164 e. The van der Waals surface area contributed by atoms with Gasteiger partial charge >= 0.3 is 0 Å². The van der Waals surface area contributed by atoms with Gasteiger partial charge in [0.1, 0.15) is 5.75 Å². The molecule has 102 valence electrons. The highest BCUT2D eigenvalue weighted by Crippen LogP contribution is 2.39. The van der Waals surface area contributed by atoms with Gasteiger partial charge in [-0.2, -0.15) is 0 Å². The van der Waals surface area contributed by atoms with E-state index < -0.39 is 5.41 Å². The first-order valence-electron chi connectivity index (χ1n) is 5.67. The summed E-state index contributed by atoms with van der Waals surface area (Å²) in [5.74, 6) is 1.78. The minimum atomic E-state index is -0.578. The summed E-state index contributed by atoms with van der Waals surface area (Å²) in [5, 5.41) is 9.54. The number of hydrogen-bond acceptors (Lipinski definition) is 5. The zero-order valence-corrected chi connectivity index (χ0v) is 11.3.